The highest BCUT2D eigenvalue weighted by atomic mass is 16.4. The lowest BCUT2D eigenvalue weighted by Crippen LogP contribution is -2.42. The highest BCUT2D eigenvalue weighted by Gasteiger charge is 2.34. The molecule has 0 fully saturated rings. The maximum absolute atomic E-state index is 10.6. The smallest absolute Gasteiger partial charge is 0.338 e. The zero-order valence-electron chi connectivity index (χ0n) is 9.41. The molecule has 15 heavy (non-hydrogen) atoms. The molecule has 3 N–H and O–H groups in total. The molecule has 1 atom stereocenters. The summed E-state index contributed by atoms with van der Waals surface area (Å²) in [5.41, 5.74) is -1.94. The van der Waals surface area contributed by atoms with Crippen LogP contribution in [0.15, 0.2) is 0 Å². The molecule has 0 spiro atoms. The molecular formula is C11H22O4. The van der Waals surface area contributed by atoms with E-state index in [9.17, 15) is 9.90 Å². The first kappa shape index (κ1) is 14.4. The van der Waals surface area contributed by atoms with Gasteiger partial charge in [0.2, 0.25) is 0 Å². The lowest BCUT2D eigenvalue weighted by Gasteiger charge is -2.20. The van der Waals surface area contributed by atoms with Gasteiger partial charge in [-0.2, -0.15) is 0 Å². The van der Waals surface area contributed by atoms with E-state index in [2.05, 4.69) is 6.92 Å². The van der Waals surface area contributed by atoms with Crippen molar-refractivity contribution in [3.63, 3.8) is 0 Å². The van der Waals surface area contributed by atoms with E-state index in [1.807, 2.05) is 0 Å². The maximum Gasteiger partial charge on any atom is 0.338 e. The number of carboxylic acid groups (broad SMARTS) is 1. The molecule has 0 radical (unpaired) electrons. The van der Waals surface area contributed by atoms with Crippen LogP contribution in [0.4, 0.5) is 0 Å². The molecule has 1 unspecified atom stereocenters. The molecule has 4 nitrogen and oxygen atoms in total. The minimum absolute atomic E-state index is 0.130. The summed E-state index contributed by atoms with van der Waals surface area (Å²) in [5, 5.41) is 26.9. The Morgan fingerprint density at radius 1 is 1.13 bits per heavy atom. The Hall–Kier alpha value is -0.610. The first-order chi connectivity index (χ1) is 7.06. The topological polar surface area (TPSA) is 77.8 Å². The monoisotopic (exact) mass is 218 g/mol. The summed E-state index contributed by atoms with van der Waals surface area (Å²) in [4.78, 5) is 10.6. The second-order valence-electron chi connectivity index (χ2n) is 4.01. The third-order valence-electron chi connectivity index (χ3n) is 2.60. The van der Waals surface area contributed by atoms with Gasteiger partial charge in [-0.1, -0.05) is 39.0 Å². The number of unbranched alkanes of at least 4 members (excludes halogenated alkanes) is 5. The number of aliphatic hydroxyl groups excluding tert-OH is 1. The molecule has 0 saturated carbocycles. The fraction of sp³-hybridized carbons (Fsp3) is 0.909. The molecule has 0 aromatic heterocycles. The van der Waals surface area contributed by atoms with Gasteiger partial charge in [0.05, 0.1) is 6.61 Å². The molecule has 0 heterocycles. The largest absolute Gasteiger partial charge is 0.479 e. The number of carbonyl (C=O) groups is 1. The van der Waals surface area contributed by atoms with E-state index in [1.165, 1.54) is 12.8 Å². The fourth-order valence-electron chi connectivity index (χ4n) is 1.45. The van der Waals surface area contributed by atoms with Crippen LogP contribution >= 0.6 is 0 Å². The predicted molar refractivity (Wildman–Crippen MR) is 57.7 cm³/mol. The fourth-order valence-corrected chi connectivity index (χ4v) is 1.45. The van der Waals surface area contributed by atoms with Crippen molar-refractivity contribution in [2.45, 2.75) is 57.5 Å². The molecule has 0 aliphatic carbocycles. The Bertz CT molecular complexity index is 181. The molecular weight excluding hydrogens is 196 g/mol. The number of rotatable bonds is 9. The van der Waals surface area contributed by atoms with Gasteiger partial charge in [0.15, 0.2) is 5.60 Å². The van der Waals surface area contributed by atoms with Crippen LogP contribution in [0.1, 0.15) is 51.9 Å². The van der Waals surface area contributed by atoms with Crippen LogP contribution in [0.5, 0.6) is 0 Å². The SMILES string of the molecule is CCCCCCCCC(O)(CO)C(=O)O. The van der Waals surface area contributed by atoms with Crippen molar-refractivity contribution in [3.05, 3.63) is 0 Å². The zero-order chi connectivity index (χ0) is 11.7. The third-order valence-corrected chi connectivity index (χ3v) is 2.60. The molecule has 0 aliphatic rings. The van der Waals surface area contributed by atoms with Gasteiger partial charge < -0.3 is 15.3 Å². The zero-order valence-corrected chi connectivity index (χ0v) is 9.41. The minimum Gasteiger partial charge on any atom is -0.479 e. The van der Waals surface area contributed by atoms with Gasteiger partial charge in [-0.3, -0.25) is 0 Å². The van der Waals surface area contributed by atoms with Crippen LogP contribution in [-0.4, -0.2) is 33.5 Å². The van der Waals surface area contributed by atoms with E-state index >= 15 is 0 Å². The molecule has 0 aromatic rings. The molecule has 0 saturated heterocycles. The van der Waals surface area contributed by atoms with Crippen LogP contribution < -0.4 is 0 Å². The average molecular weight is 218 g/mol. The van der Waals surface area contributed by atoms with Gasteiger partial charge in [0.1, 0.15) is 0 Å². The lowest BCUT2D eigenvalue weighted by atomic mass is 9.96. The number of carboxylic acids is 1. The van der Waals surface area contributed by atoms with Crippen molar-refractivity contribution < 1.29 is 20.1 Å². The summed E-state index contributed by atoms with van der Waals surface area (Å²) in [6, 6.07) is 0. The van der Waals surface area contributed by atoms with Crippen LogP contribution in [0.3, 0.4) is 0 Å². The first-order valence-corrected chi connectivity index (χ1v) is 5.63. The lowest BCUT2D eigenvalue weighted by molar-refractivity contribution is -0.163. The molecule has 0 amide bonds. The molecule has 0 bridgehead atoms. The Morgan fingerprint density at radius 2 is 1.67 bits per heavy atom. The summed E-state index contributed by atoms with van der Waals surface area (Å²) in [6.07, 6.45) is 6.28. The second kappa shape index (κ2) is 7.65. The summed E-state index contributed by atoms with van der Waals surface area (Å²) in [6.45, 7) is 1.42. The minimum atomic E-state index is -1.94. The highest BCUT2D eigenvalue weighted by molar-refractivity contribution is 5.77. The maximum atomic E-state index is 10.6. The van der Waals surface area contributed by atoms with Crippen molar-refractivity contribution in [1.82, 2.24) is 0 Å². The Morgan fingerprint density at radius 3 is 2.13 bits per heavy atom. The molecule has 0 rings (SSSR count). The number of hydrogen-bond acceptors (Lipinski definition) is 3. The van der Waals surface area contributed by atoms with Gasteiger partial charge >= 0.3 is 5.97 Å². The van der Waals surface area contributed by atoms with Crippen molar-refractivity contribution in [2.75, 3.05) is 6.61 Å². The van der Waals surface area contributed by atoms with Gasteiger partial charge in [0.25, 0.3) is 0 Å². The van der Waals surface area contributed by atoms with Crippen molar-refractivity contribution >= 4 is 5.97 Å². The van der Waals surface area contributed by atoms with Crippen molar-refractivity contribution in [1.29, 1.82) is 0 Å². The molecule has 90 valence electrons. The number of hydrogen-bond donors (Lipinski definition) is 3. The van der Waals surface area contributed by atoms with Crippen LogP contribution in [-0.2, 0) is 4.79 Å². The average Bonchev–Trinajstić information content (AvgIpc) is 2.22. The quantitative estimate of drug-likeness (QED) is 0.513. The van der Waals surface area contributed by atoms with Gasteiger partial charge in [0, 0.05) is 0 Å². The number of aliphatic hydroxyl groups is 2. The second-order valence-corrected chi connectivity index (χ2v) is 4.01. The summed E-state index contributed by atoms with van der Waals surface area (Å²) < 4.78 is 0. The van der Waals surface area contributed by atoms with Crippen LogP contribution in [0, 0.1) is 0 Å². The number of aliphatic carboxylic acids is 1. The third kappa shape index (κ3) is 5.74. The highest BCUT2D eigenvalue weighted by Crippen LogP contribution is 2.16. The predicted octanol–water partition coefficient (Wildman–Crippen LogP) is 1.54. The Balaban J connectivity index is 3.60. The van der Waals surface area contributed by atoms with Gasteiger partial charge in [-0.15, -0.1) is 0 Å². The van der Waals surface area contributed by atoms with Crippen molar-refractivity contribution in [3.8, 4) is 0 Å². The van der Waals surface area contributed by atoms with E-state index < -0.39 is 18.2 Å². The van der Waals surface area contributed by atoms with Crippen molar-refractivity contribution in [2.24, 2.45) is 0 Å². The van der Waals surface area contributed by atoms with E-state index in [0.717, 1.165) is 19.3 Å². The summed E-state index contributed by atoms with van der Waals surface area (Å²) >= 11 is 0. The van der Waals surface area contributed by atoms with E-state index in [4.69, 9.17) is 10.2 Å². The van der Waals surface area contributed by atoms with Crippen LogP contribution in [0.2, 0.25) is 0 Å². The van der Waals surface area contributed by atoms with Crippen LogP contribution in [0.25, 0.3) is 0 Å². The molecule has 0 aliphatic heterocycles. The van der Waals surface area contributed by atoms with E-state index in [1.54, 1.807) is 0 Å². The van der Waals surface area contributed by atoms with E-state index in [-0.39, 0.29) is 6.42 Å². The first-order valence-electron chi connectivity index (χ1n) is 5.63. The molecule has 0 aromatic carbocycles. The van der Waals surface area contributed by atoms with E-state index in [0.29, 0.717) is 6.42 Å². The van der Waals surface area contributed by atoms with Gasteiger partial charge in [-0.25, -0.2) is 4.79 Å². The normalized spacial score (nSPS) is 14.9. The summed E-state index contributed by atoms with van der Waals surface area (Å²) in [5.74, 6) is -1.33. The Kier molecular flexibility index (Phi) is 7.34. The molecule has 4 heteroatoms. The summed E-state index contributed by atoms with van der Waals surface area (Å²) in [7, 11) is 0. The van der Waals surface area contributed by atoms with Gasteiger partial charge in [-0.05, 0) is 12.8 Å². The Labute approximate surface area is 90.9 Å². The standard InChI is InChI=1S/C11H22O4/c1-2-3-4-5-6-7-8-11(15,9-12)10(13)14/h12,15H,2-9H2,1H3,(H,13,14).